The van der Waals surface area contributed by atoms with Crippen molar-refractivity contribution in [2.45, 2.75) is 32.1 Å². The molecule has 0 saturated carbocycles. The van der Waals surface area contributed by atoms with Gasteiger partial charge >= 0.3 is 0 Å². The van der Waals surface area contributed by atoms with Crippen molar-refractivity contribution in [3.05, 3.63) is 52.8 Å². The molecule has 0 bridgehead atoms. The lowest BCUT2D eigenvalue weighted by Gasteiger charge is -2.12. The second-order valence-corrected chi connectivity index (χ2v) is 8.20. The molecule has 0 saturated heterocycles. The molecule has 0 aliphatic carbocycles. The first-order chi connectivity index (χ1) is 15.3. The van der Waals surface area contributed by atoms with E-state index in [1.165, 1.54) is 11.9 Å². The third-order valence-corrected chi connectivity index (χ3v) is 5.77. The summed E-state index contributed by atoms with van der Waals surface area (Å²) in [6.45, 7) is 4.51. The van der Waals surface area contributed by atoms with Gasteiger partial charge in [0.15, 0.2) is 5.75 Å². The Balaban J connectivity index is 1.59. The van der Waals surface area contributed by atoms with E-state index >= 15 is 0 Å². The molecule has 0 fully saturated rings. The first-order valence-electron chi connectivity index (χ1n) is 9.62. The number of H-pyrrole nitrogens is 1. The van der Waals surface area contributed by atoms with Crippen molar-refractivity contribution < 1.29 is 13.5 Å². The van der Waals surface area contributed by atoms with Crippen LogP contribution in [0.4, 0.5) is 14.7 Å². The van der Waals surface area contributed by atoms with Gasteiger partial charge in [0.25, 0.3) is 6.43 Å². The highest BCUT2D eigenvalue weighted by molar-refractivity contribution is 8.00. The summed E-state index contributed by atoms with van der Waals surface area (Å²) in [5, 5.41) is 1.53. The number of aryl methyl sites for hydroxylation is 3. The Hall–Kier alpha value is -2.98. The summed E-state index contributed by atoms with van der Waals surface area (Å²) in [6.07, 6.45) is 0.994. The Morgan fingerprint density at radius 2 is 1.88 bits per heavy atom. The first kappa shape index (κ1) is 22.2. The number of alkyl halides is 2. The number of benzene rings is 1. The number of hydrogen-bond donors (Lipinski definition) is 2. The highest BCUT2D eigenvalue weighted by Gasteiger charge is 2.16. The Bertz CT molecular complexity index is 1260. The molecule has 0 aliphatic rings. The zero-order valence-electron chi connectivity index (χ0n) is 17.4. The number of nitrogens with one attached hydrogen (secondary N) is 2. The zero-order valence-corrected chi connectivity index (χ0v) is 19.0. The standard InChI is InChI=1S/C21H19ClF2N6OS/c1-10-20(31-9-17(23)24)11(2)28-21(27-10)30-32-16-8-26-19-13(16)4-5-14(22)18(19)15-6-7-25-12(3)29-15/h4-8,17,26H,9H2,1-3H3,(H,27,28,30). The van der Waals surface area contributed by atoms with Crippen molar-refractivity contribution in [1.29, 1.82) is 0 Å². The average Bonchev–Trinajstić information content (AvgIpc) is 3.14. The largest absolute Gasteiger partial charge is 0.484 e. The molecule has 0 atom stereocenters. The Labute approximate surface area is 192 Å². The summed E-state index contributed by atoms with van der Waals surface area (Å²) >= 11 is 7.81. The quantitative estimate of drug-likeness (QED) is 0.328. The van der Waals surface area contributed by atoms with Crippen LogP contribution in [0.15, 0.2) is 35.5 Å². The van der Waals surface area contributed by atoms with Crippen LogP contribution < -0.4 is 9.46 Å². The fraction of sp³-hybridized carbons (Fsp3) is 0.238. The summed E-state index contributed by atoms with van der Waals surface area (Å²) in [4.78, 5) is 21.5. The molecule has 0 unspecified atom stereocenters. The average molecular weight is 477 g/mol. The lowest BCUT2D eigenvalue weighted by molar-refractivity contribution is 0.0808. The number of fused-ring (bicyclic) bond motifs is 1. The van der Waals surface area contributed by atoms with E-state index in [1.54, 1.807) is 20.0 Å². The van der Waals surface area contributed by atoms with Crippen LogP contribution in [0.25, 0.3) is 22.2 Å². The second-order valence-electron chi connectivity index (χ2n) is 6.94. The van der Waals surface area contributed by atoms with Gasteiger partial charge < -0.3 is 9.72 Å². The lowest BCUT2D eigenvalue weighted by atomic mass is 10.1. The third kappa shape index (κ3) is 4.61. The van der Waals surface area contributed by atoms with Gasteiger partial charge in [-0.3, -0.25) is 4.72 Å². The molecule has 32 heavy (non-hydrogen) atoms. The summed E-state index contributed by atoms with van der Waals surface area (Å²) in [7, 11) is 0. The molecular formula is C21H19ClF2N6OS. The number of ether oxygens (including phenoxy) is 1. The van der Waals surface area contributed by atoms with Gasteiger partial charge in [-0.25, -0.2) is 28.7 Å². The van der Waals surface area contributed by atoms with E-state index in [-0.39, 0.29) is 5.75 Å². The van der Waals surface area contributed by atoms with Gasteiger partial charge in [0.2, 0.25) is 5.95 Å². The third-order valence-electron chi connectivity index (χ3n) is 4.61. The Kier molecular flexibility index (Phi) is 6.43. The maximum Gasteiger partial charge on any atom is 0.272 e. The van der Waals surface area contributed by atoms with E-state index in [4.69, 9.17) is 16.3 Å². The van der Waals surface area contributed by atoms with Gasteiger partial charge in [0.05, 0.1) is 32.5 Å². The van der Waals surface area contributed by atoms with E-state index in [2.05, 4.69) is 29.6 Å². The minimum atomic E-state index is -2.56. The molecule has 1 aromatic carbocycles. The van der Waals surface area contributed by atoms with Gasteiger partial charge in [-0.15, -0.1) is 0 Å². The lowest BCUT2D eigenvalue weighted by Crippen LogP contribution is -2.11. The first-order valence-corrected chi connectivity index (χ1v) is 10.8. The van der Waals surface area contributed by atoms with Crippen LogP contribution in [0.3, 0.4) is 0 Å². The highest BCUT2D eigenvalue weighted by Crippen LogP contribution is 2.38. The molecule has 2 N–H and O–H groups in total. The topological polar surface area (TPSA) is 88.6 Å². The van der Waals surface area contributed by atoms with Gasteiger partial charge in [-0.2, -0.15) is 0 Å². The van der Waals surface area contributed by atoms with Crippen molar-refractivity contribution in [3.8, 4) is 17.0 Å². The van der Waals surface area contributed by atoms with Gasteiger partial charge in [0, 0.05) is 23.3 Å². The molecule has 3 aromatic heterocycles. The van der Waals surface area contributed by atoms with Crippen LogP contribution in [-0.2, 0) is 0 Å². The summed E-state index contributed by atoms with van der Waals surface area (Å²) in [5.74, 6) is 1.28. The van der Waals surface area contributed by atoms with E-state index in [1.807, 2.05) is 31.3 Å². The molecule has 3 heterocycles. The number of nitrogens with zero attached hydrogens (tertiary/aromatic N) is 4. The van der Waals surface area contributed by atoms with Crippen LogP contribution in [0.2, 0.25) is 5.02 Å². The molecule has 0 aliphatic heterocycles. The van der Waals surface area contributed by atoms with Crippen molar-refractivity contribution in [1.82, 2.24) is 24.9 Å². The molecule has 166 valence electrons. The van der Waals surface area contributed by atoms with Crippen molar-refractivity contribution >= 4 is 40.4 Å². The Morgan fingerprint density at radius 3 is 2.56 bits per heavy atom. The number of aromatic nitrogens is 5. The zero-order chi connectivity index (χ0) is 22.8. The fourth-order valence-corrected chi connectivity index (χ4v) is 4.23. The minimum absolute atomic E-state index is 0.271. The van der Waals surface area contributed by atoms with Crippen LogP contribution in [0, 0.1) is 20.8 Å². The predicted molar refractivity (Wildman–Crippen MR) is 122 cm³/mol. The number of rotatable bonds is 7. The normalized spacial score (nSPS) is 11.3. The van der Waals surface area contributed by atoms with E-state index in [9.17, 15) is 8.78 Å². The van der Waals surface area contributed by atoms with E-state index in [0.717, 1.165) is 27.1 Å². The molecule has 0 amide bonds. The number of aromatic amines is 1. The van der Waals surface area contributed by atoms with Crippen LogP contribution >= 0.6 is 23.5 Å². The summed E-state index contributed by atoms with van der Waals surface area (Å²) < 4.78 is 33.1. The predicted octanol–water partition coefficient (Wildman–Crippen LogP) is 5.76. The van der Waals surface area contributed by atoms with Gasteiger partial charge in [0.1, 0.15) is 12.4 Å². The fourth-order valence-electron chi connectivity index (χ4n) is 3.29. The molecule has 4 rings (SSSR count). The minimum Gasteiger partial charge on any atom is -0.484 e. The molecule has 7 nitrogen and oxygen atoms in total. The number of anilines is 1. The van der Waals surface area contributed by atoms with Crippen molar-refractivity contribution in [2.75, 3.05) is 11.3 Å². The number of halogens is 3. The smallest absolute Gasteiger partial charge is 0.272 e. The van der Waals surface area contributed by atoms with Crippen molar-refractivity contribution in [2.24, 2.45) is 0 Å². The number of hydrogen-bond acceptors (Lipinski definition) is 7. The van der Waals surface area contributed by atoms with Crippen LogP contribution in [0.1, 0.15) is 17.2 Å². The molecule has 4 aromatic rings. The summed E-state index contributed by atoms with van der Waals surface area (Å²) in [5.41, 5.74) is 3.34. The Morgan fingerprint density at radius 1 is 1.12 bits per heavy atom. The maximum absolute atomic E-state index is 12.5. The van der Waals surface area contributed by atoms with Gasteiger partial charge in [-0.1, -0.05) is 17.7 Å². The monoisotopic (exact) mass is 476 g/mol. The van der Waals surface area contributed by atoms with E-state index < -0.39 is 13.0 Å². The maximum atomic E-state index is 12.5. The highest BCUT2D eigenvalue weighted by atomic mass is 35.5. The van der Waals surface area contributed by atoms with Crippen LogP contribution in [0.5, 0.6) is 5.75 Å². The molecule has 11 heteroatoms. The SMILES string of the molecule is Cc1nccc(-c2c(Cl)ccc3c(SNc4nc(C)c(OCC(F)F)c(C)n4)c[nH]c23)n1. The van der Waals surface area contributed by atoms with Crippen molar-refractivity contribution in [3.63, 3.8) is 0 Å². The molecular weight excluding hydrogens is 458 g/mol. The van der Waals surface area contributed by atoms with Gasteiger partial charge in [-0.05, 0) is 44.9 Å². The summed E-state index contributed by atoms with van der Waals surface area (Å²) in [6, 6.07) is 5.57. The molecule has 0 spiro atoms. The molecule has 0 radical (unpaired) electrons. The van der Waals surface area contributed by atoms with E-state index in [0.29, 0.717) is 28.2 Å². The van der Waals surface area contributed by atoms with Crippen LogP contribution in [-0.4, -0.2) is 38.0 Å². The second kappa shape index (κ2) is 9.25.